The van der Waals surface area contributed by atoms with E-state index in [0.29, 0.717) is 37.3 Å². The van der Waals surface area contributed by atoms with E-state index in [9.17, 15) is 14.4 Å². The van der Waals surface area contributed by atoms with Crippen molar-refractivity contribution in [1.29, 1.82) is 5.26 Å². The highest BCUT2D eigenvalue weighted by atomic mass is 16.2. The van der Waals surface area contributed by atoms with Crippen molar-refractivity contribution in [2.75, 3.05) is 32.7 Å². The fraction of sp³-hybridized carbons (Fsp3) is 0.286. The van der Waals surface area contributed by atoms with E-state index in [2.05, 4.69) is 16.3 Å². The number of imide groups is 1. The fourth-order valence-electron chi connectivity index (χ4n) is 4.87. The summed E-state index contributed by atoms with van der Waals surface area (Å²) in [7, 11) is 0. The molecule has 0 unspecified atom stereocenters. The number of nitriles is 1. The second-order valence-electron chi connectivity index (χ2n) is 9.47. The SMILES string of the molecule is C[C@]1(c2ccc3ccccc3c2)NC(=O)N(CC(=O)N2CCN(Cc3ccc(C#N)cc3)CC2)C1=O. The number of nitrogens with one attached hydrogen (secondary N) is 1. The van der Waals surface area contributed by atoms with Crippen molar-refractivity contribution in [3.05, 3.63) is 83.4 Å². The van der Waals surface area contributed by atoms with Gasteiger partial charge in [0.05, 0.1) is 11.6 Å². The number of hydrogen-bond acceptors (Lipinski definition) is 5. The third kappa shape index (κ3) is 4.41. The molecule has 4 amide bonds. The molecule has 1 atom stereocenters. The molecule has 8 heteroatoms. The third-order valence-electron chi connectivity index (χ3n) is 7.11. The summed E-state index contributed by atoms with van der Waals surface area (Å²) >= 11 is 0. The molecule has 2 aliphatic heterocycles. The Morgan fingerprint density at radius 2 is 1.67 bits per heavy atom. The van der Waals surface area contributed by atoms with Crippen molar-refractivity contribution in [3.63, 3.8) is 0 Å². The molecule has 8 nitrogen and oxygen atoms in total. The predicted molar refractivity (Wildman–Crippen MR) is 135 cm³/mol. The Morgan fingerprint density at radius 1 is 0.972 bits per heavy atom. The maximum atomic E-state index is 13.3. The van der Waals surface area contributed by atoms with Gasteiger partial charge in [-0.2, -0.15) is 5.26 Å². The summed E-state index contributed by atoms with van der Waals surface area (Å²) in [5, 5.41) is 13.8. The van der Waals surface area contributed by atoms with Gasteiger partial charge in [-0.3, -0.25) is 19.4 Å². The van der Waals surface area contributed by atoms with E-state index in [4.69, 9.17) is 5.26 Å². The molecule has 2 fully saturated rings. The molecule has 0 aliphatic carbocycles. The summed E-state index contributed by atoms with van der Waals surface area (Å²) in [6.07, 6.45) is 0. The molecular formula is C28H27N5O3. The summed E-state index contributed by atoms with van der Waals surface area (Å²) in [4.78, 5) is 44.1. The first-order chi connectivity index (χ1) is 17.4. The number of piperazine rings is 1. The molecule has 0 spiro atoms. The van der Waals surface area contributed by atoms with Crippen LogP contribution in [-0.2, 0) is 21.7 Å². The van der Waals surface area contributed by atoms with Crippen molar-refractivity contribution >= 4 is 28.6 Å². The van der Waals surface area contributed by atoms with Gasteiger partial charge < -0.3 is 10.2 Å². The van der Waals surface area contributed by atoms with Gasteiger partial charge in [0, 0.05) is 32.7 Å². The topological polar surface area (TPSA) is 96.8 Å². The molecule has 36 heavy (non-hydrogen) atoms. The van der Waals surface area contributed by atoms with Gasteiger partial charge in [0.25, 0.3) is 5.91 Å². The molecule has 182 valence electrons. The molecule has 3 aromatic rings. The number of amides is 4. The lowest BCUT2D eigenvalue weighted by atomic mass is 9.90. The zero-order chi connectivity index (χ0) is 25.3. The first-order valence-corrected chi connectivity index (χ1v) is 12.0. The lowest BCUT2D eigenvalue weighted by molar-refractivity contribution is -0.139. The smallest absolute Gasteiger partial charge is 0.325 e. The zero-order valence-corrected chi connectivity index (χ0v) is 20.1. The highest BCUT2D eigenvalue weighted by molar-refractivity contribution is 6.09. The molecule has 2 aliphatic rings. The minimum absolute atomic E-state index is 0.237. The summed E-state index contributed by atoms with van der Waals surface area (Å²) in [6, 6.07) is 22.6. The first-order valence-electron chi connectivity index (χ1n) is 12.0. The number of fused-ring (bicyclic) bond motifs is 1. The molecule has 0 saturated carbocycles. The number of urea groups is 1. The average Bonchev–Trinajstić information content (AvgIpc) is 3.13. The summed E-state index contributed by atoms with van der Waals surface area (Å²) in [5.41, 5.74) is 1.21. The van der Waals surface area contributed by atoms with Crippen LogP contribution in [0.25, 0.3) is 10.8 Å². The maximum Gasteiger partial charge on any atom is 0.325 e. The van der Waals surface area contributed by atoms with E-state index in [1.807, 2.05) is 54.6 Å². The first kappa shape index (κ1) is 23.5. The molecule has 3 aromatic carbocycles. The van der Waals surface area contributed by atoms with Crippen molar-refractivity contribution in [2.45, 2.75) is 19.0 Å². The van der Waals surface area contributed by atoms with Crippen LogP contribution in [0.15, 0.2) is 66.7 Å². The summed E-state index contributed by atoms with van der Waals surface area (Å²) < 4.78 is 0. The zero-order valence-electron chi connectivity index (χ0n) is 20.1. The van der Waals surface area contributed by atoms with Gasteiger partial charge in [-0.25, -0.2) is 4.79 Å². The lowest BCUT2D eigenvalue weighted by Gasteiger charge is -2.35. The van der Waals surface area contributed by atoms with Crippen LogP contribution in [0.5, 0.6) is 0 Å². The Morgan fingerprint density at radius 3 is 2.36 bits per heavy atom. The van der Waals surface area contributed by atoms with Crippen LogP contribution in [0.1, 0.15) is 23.6 Å². The Kier molecular flexibility index (Phi) is 6.17. The quantitative estimate of drug-likeness (QED) is 0.566. The normalized spacial score (nSPS) is 20.4. The number of rotatable bonds is 5. The minimum atomic E-state index is -1.22. The van der Waals surface area contributed by atoms with Crippen molar-refractivity contribution in [1.82, 2.24) is 20.0 Å². The van der Waals surface area contributed by atoms with Crippen LogP contribution in [0.2, 0.25) is 0 Å². The molecule has 0 bridgehead atoms. The summed E-state index contributed by atoms with van der Waals surface area (Å²) in [5.74, 6) is -0.658. The minimum Gasteiger partial charge on any atom is -0.339 e. The molecule has 1 N–H and O–H groups in total. The van der Waals surface area contributed by atoms with Crippen LogP contribution in [0, 0.1) is 11.3 Å². The fourth-order valence-corrected chi connectivity index (χ4v) is 4.87. The number of benzene rings is 3. The van der Waals surface area contributed by atoms with Crippen LogP contribution >= 0.6 is 0 Å². The van der Waals surface area contributed by atoms with Crippen LogP contribution in [-0.4, -0.2) is 65.3 Å². The predicted octanol–water partition coefficient (Wildman–Crippen LogP) is 2.82. The van der Waals surface area contributed by atoms with Gasteiger partial charge >= 0.3 is 6.03 Å². The van der Waals surface area contributed by atoms with E-state index < -0.39 is 17.5 Å². The lowest BCUT2D eigenvalue weighted by Crippen LogP contribution is -2.51. The summed E-state index contributed by atoms with van der Waals surface area (Å²) in [6.45, 7) is 4.60. The van der Waals surface area contributed by atoms with Gasteiger partial charge in [0.2, 0.25) is 5.91 Å². The van der Waals surface area contributed by atoms with Crippen molar-refractivity contribution in [3.8, 4) is 6.07 Å². The molecule has 2 heterocycles. The average molecular weight is 482 g/mol. The Bertz CT molecular complexity index is 1370. The Balaban J connectivity index is 1.20. The molecule has 0 aromatic heterocycles. The van der Waals surface area contributed by atoms with Crippen LogP contribution < -0.4 is 5.32 Å². The van der Waals surface area contributed by atoms with Gasteiger partial charge in [-0.05, 0) is 47.0 Å². The van der Waals surface area contributed by atoms with Crippen LogP contribution in [0.4, 0.5) is 4.79 Å². The molecular weight excluding hydrogens is 454 g/mol. The van der Waals surface area contributed by atoms with E-state index >= 15 is 0 Å². The van der Waals surface area contributed by atoms with Crippen molar-refractivity contribution in [2.24, 2.45) is 0 Å². The highest BCUT2D eigenvalue weighted by Crippen LogP contribution is 2.31. The highest BCUT2D eigenvalue weighted by Gasteiger charge is 2.49. The second-order valence-corrected chi connectivity index (χ2v) is 9.47. The van der Waals surface area contributed by atoms with Gasteiger partial charge in [-0.1, -0.05) is 48.5 Å². The standard InChI is InChI=1S/C28H27N5O3/c1-28(24-11-10-22-4-2-3-5-23(22)16-24)26(35)33(27(36)30-28)19-25(34)32-14-12-31(13-15-32)18-21-8-6-20(17-29)7-9-21/h2-11,16H,12-15,18-19H2,1H3,(H,30,36)/t28-/m1/s1. The Hall–Kier alpha value is -4.22. The molecule has 0 radical (unpaired) electrons. The monoisotopic (exact) mass is 481 g/mol. The van der Waals surface area contributed by atoms with Gasteiger partial charge in [-0.15, -0.1) is 0 Å². The van der Waals surface area contributed by atoms with E-state index in [0.717, 1.165) is 27.8 Å². The second kappa shape index (κ2) is 9.44. The third-order valence-corrected chi connectivity index (χ3v) is 7.11. The molecule has 2 saturated heterocycles. The van der Waals surface area contributed by atoms with E-state index in [-0.39, 0.29) is 12.5 Å². The number of carbonyl (C=O) groups is 3. The van der Waals surface area contributed by atoms with E-state index in [1.165, 1.54) is 0 Å². The number of nitrogens with zero attached hydrogens (tertiary/aromatic N) is 4. The van der Waals surface area contributed by atoms with Crippen LogP contribution in [0.3, 0.4) is 0 Å². The van der Waals surface area contributed by atoms with E-state index in [1.54, 1.807) is 24.0 Å². The van der Waals surface area contributed by atoms with Crippen molar-refractivity contribution < 1.29 is 14.4 Å². The van der Waals surface area contributed by atoms with Gasteiger partial charge in [0.15, 0.2) is 0 Å². The maximum absolute atomic E-state index is 13.3. The van der Waals surface area contributed by atoms with Gasteiger partial charge in [0.1, 0.15) is 12.1 Å². The number of carbonyl (C=O) groups excluding carboxylic acids is 3. The Labute approximate surface area is 209 Å². The largest absolute Gasteiger partial charge is 0.339 e. The molecule has 5 rings (SSSR count). The number of hydrogen-bond donors (Lipinski definition) is 1.